The molecular formula is C12H21N3S. The monoisotopic (exact) mass is 239 g/mol. The van der Waals surface area contributed by atoms with Gasteiger partial charge in [-0.15, -0.1) is 0 Å². The van der Waals surface area contributed by atoms with Crippen molar-refractivity contribution < 1.29 is 0 Å². The maximum atomic E-state index is 4.64. The van der Waals surface area contributed by atoms with Crippen molar-refractivity contribution in [2.45, 2.75) is 25.8 Å². The zero-order valence-corrected chi connectivity index (χ0v) is 10.8. The molecule has 4 heterocycles. The van der Waals surface area contributed by atoms with Crippen molar-refractivity contribution in [1.29, 1.82) is 0 Å². The fourth-order valence-electron chi connectivity index (χ4n) is 2.93. The summed E-state index contributed by atoms with van der Waals surface area (Å²) in [4.78, 5) is 7.23. The van der Waals surface area contributed by atoms with Crippen LogP contribution >= 0.6 is 11.8 Å². The number of nitrogens with one attached hydrogen (secondary N) is 1. The molecule has 1 N–H and O–H groups in total. The van der Waals surface area contributed by atoms with Crippen molar-refractivity contribution in [2.75, 3.05) is 31.9 Å². The molecule has 0 aromatic heterocycles. The van der Waals surface area contributed by atoms with Gasteiger partial charge in [0.05, 0.1) is 0 Å². The van der Waals surface area contributed by atoms with Crippen LogP contribution in [0, 0.1) is 11.8 Å². The Balaban J connectivity index is 1.59. The van der Waals surface area contributed by atoms with Gasteiger partial charge in [-0.3, -0.25) is 4.99 Å². The van der Waals surface area contributed by atoms with E-state index in [2.05, 4.69) is 22.1 Å². The highest BCUT2D eigenvalue weighted by Gasteiger charge is 2.34. The van der Waals surface area contributed by atoms with Crippen molar-refractivity contribution in [2.24, 2.45) is 16.8 Å². The third kappa shape index (κ3) is 2.23. The Kier molecular flexibility index (Phi) is 3.11. The summed E-state index contributed by atoms with van der Waals surface area (Å²) < 4.78 is 0. The summed E-state index contributed by atoms with van der Waals surface area (Å²) in [5, 5.41) is 4.89. The van der Waals surface area contributed by atoms with Gasteiger partial charge in [0.15, 0.2) is 5.17 Å². The van der Waals surface area contributed by atoms with E-state index in [1.165, 1.54) is 43.4 Å². The summed E-state index contributed by atoms with van der Waals surface area (Å²) in [6, 6.07) is 0.669. The van der Waals surface area contributed by atoms with Gasteiger partial charge in [-0.1, -0.05) is 18.7 Å². The van der Waals surface area contributed by atoms with Crippen LogP contribution in [-0.2, 0) is 0 Å². The summed E-state index contributed by atoms with van der Waals surface area (Å²) >= 11 is 1.91. The van der Waals surface area contributed by atoms with E-state index in [-0.39, 0.29) is 0 Å². The van der Waals surface area contributed by atoms with Crippen LogP contribution < -0.4 is 5.32 Å². The van der Waals surface area contributed by atoms with Gasteiger partial charge in [-0.2, -0.15) is 0 Å². The predicted molar refractivity (Wildman–Crippen MR) is 70.0 cm³/mol. The number of thioether (sulfide) groups is 1. The molecule has 3 saturated heterocycles. The highest BCUT2D eigenvalue weighted by molar-refractivity contribution is 8.13. The zero-order valence-electron chi connectivity index (χ0n) is 9.98. The van der Waals surface area contributed by atoms with Crippen LogP contribution in [0.15, 0.2) is 4.99 Å². The Morgan fingerprint density at radius 2 is 2.19 bits per heavy atom. The SMILES string of the molecule is CC1CN=C(NC2CN3CCC2CC3)SC1. The molecule has 4 aliphatic rings. The molecule has 90 valence electrons. The number of piperidine rings is 3. The van der Waals surface area contributed by atoms with E-state index in [1.807, 2.05) is 11.8 Å². The van der Waals surface area contributed by atoms with Crippen molar-refractivity contribution in [3.05, 3.63) is 0 Å². The van der Waals surface area contributed by atoms with Gasteiger partial charge in [0.25, 0.3) is 0 Å². The normalized spacial score (nSPS) is 42.9. The second-order valence-corrected chi connectivity index (χ2v) is 6.46. The first-order valence-electron chi connectivity index (χ1n) is 6.47. The summed E-state index contributed by atoms with van der Waals surface area (Å²) in [5.41, 5.74) is 0. The smallest absolute Gasteiger partial charge is 0.156 e. The van der Waals surface area contributed by atoms with Crippen molar-refractivity contribution >= 4 is 16.9 Å². The lowest BCUT2D eigenvalue weighted by atomic mass is 9.84. The first-order chi connectivity index (χ1) is 7.81. The van der Waals surface area contributed by atoms with Gasteiger partial charge in [-0.05, 0) is 37.8 Å². The molecule has 0 aliphatic carbocycles. The fraction of sp³-hybridized carbons (Fsp3) is 0.917. The van der Waals surface area contributed by atoms with E-state index in [0.29, 0.717) is 6.04 Å². The molecular weight excluding hydrogens is 218 g/mol. The molecule has 2 bridgehead atoms. The van der Waals surface area contributed by atoms with Gasteiger partial charge in [0, 0.05) is 24.9 Å². The van der Waals surface area contributed by atoms with Gasteiger partial charge in [0.1, 0.15) is 0 Å². The van der Waals surface area contributed by atoms with E-state index < -0.39 is 0 Å². The standard InChI is InChI=1S/C12H21N3S/c1-9-6-13-12(16-8-9)14-11-7-15-4-2-10(11)3-5-15/h9-11H,2-8H2,1H3,(H,13,14). The molecule has 0 saturated carbocycles. The summed E-state index contributed by atoms with van der Waals surface area (Å²) in [5.74, 6) is 2.88. The van der Waals surface area contributed by atoms with Crippen molar-refractivity contribution in [1.82, 2.24) is 10.2 Å². The van der Waals surface area contributed by atoms with Gasteiger partial charge < -0.3 is 10.2 Å². The number of nitrogens with zero attached hydrogens (tertiary/aromatic N) is 2. The molecule has 2 atom stereocenters. The first kappa shape index (κ1) is 10.9. The van der Waals surface area contributed by atoms with Crippen LogP contribution in [0.1, 0.15) is 19.8 Å². The van der Waals surface area contributed by atoms with E-state index in [0.717, 1.165) is 18.4 Å². The highest BCUT2D eigenvalue weighted by Crippen LogP contribution is 2.28. The lowest BCUT2D eigenvalue weighted by Gasteiger charge is -2.45. The van der Waals surface area contributed by atoms with Crippen LogP contribution in [0.25, 0.3) is 0 Å². The quantitative estimate of drug-likeness (QED) is 0.750. The van der Waals surface area contributed by atoms with Gasteiger partial charge in [-0.25, -0.2) is 0 Å². The molecule has 3 fully saturated rings. The Labute approximate surface area is 102 Å². The maximum absolute atomic E-state index is 4.64. The minimum absolute atomic E-state index is 0.669. The Bertz CT molecular complexity index is 284. The van der Waals surface area contributed by atoms with E-state index >= 15 is 0 Å². The van der Waals surface area contributed by atoms with Crippen LogP contribution in [0.3, 0.4) is 0 Å². The molecule has 0 aromatic rings. The molecule has 4 heteroatoms. The molecule has 4 aliphatic heterocycles. The number of hydrogen-bond donors (Lipinski definition) is 1. The minimum atomic E-state index is 0.669. The Morgan fingerprint density at radius 1 is 1.38 bits per heavy atom. The second kappa shape index (κ2) is 4.57. The van der Waals surface area contributed by atoms with E-state index in [4.69, 9.17) is 0 Å². The summed E-state index contributed by atoms with van der Waals surface area (Å²) in [7, 11) is 0. The van der Waals surface area contributed by atoms with Gasteiger partial charge >= 0.3 is 0 Å². The third-order valence-electron chi connectivity index (χ3n) is 4.02. The summed E-state index contributed by atoms with van der Waals surface area (Å²) in [6.07, 6.45) is 2.76. The largest absolute Gasteiger partial charge is 0.361 e. The van der Waals surface area contributed by atoms with Gasteiger partial charge in [0.2, 0.25) is 0 Å². The number of fused-ring (bicyclic) bond motifs is 3. The fourth-order valence-corrected chi connectivity index (χ4v) is 3.88. The third-order valence-corrected chi connectivity index (χ3v) is 5.27. The average molecular weight is 239 g/mol. The number of rotatable bonds is 1. The first-order valence-corrected chi connectivity index (χ1v) is 7.46. The van der Waals surface area contributed by atoms with E-state index in [9.17, 15) is 0 Å². The lowest BCUT2D eigenvalue weighted by Crippen LogP contribution is -2.57. The Hall–Kier alpha value is -0.220. The predicted octanol–water partition coefficient (Wildman–Crippen LogP) is 1.41. The Morgan fingerprint density at radius 3 is 2.75 bits per heavy atom. The topological polar surface area (TPSA) is 27.6 Å². The second-order valence-electron chi connectivity index (χ2n) is 5.45. The molecule has 0 spiro atoms. The van der Waals surface area contributed by atoms with Crippen molar-refractivity contribution in [3.63, 3.8) is 0 Å². The molecule has 2 unspecified atom stereocenters. The van der Waals surface area contributed by atoms with Crippen LogP contribution in [0.4, 0.5) is 0 Å². The molecule has 16 heavy (non-hydrogen) atoms. The molecule has 0 aromatic carbocycles. The number of aliphatic imine (C=N–C) groups is 1. The molecule has 0 radical (unpaired) electrons. The highest BCUT2D eigenvalue weighted by atomic mass is 32.2. The average Bonchev–Trinajstić information content (AvgIpc) is 2.34. The molecule has 3 nitrogen and oxygen atoms in total. The van der Waals surface area contributed by atoms with Crippen LogP contribution in [0.2, 0.25) is 0 Å². The lowest BCUT2D eigenvalue weighted by molar-refractivity contribution is 0.0816. The zero-order chi connectivity index (χ0) is 11.0. The molecule has 0 amide bonds. The number of hydrogen-bond acceptors (Lipinski definition) is 4. The van der Waals surface area contributed by atoms with Crippen LogP contribution in [-0.4, -0.2) is 48.0 Å². The van der Waals surface area contributed by atoms with Crippen molar-refractivity contribution in [3.8, 4) is 0 Å². The number of amidine groups is 1. The minimum Gasteiger partial charge on any atom is -0.361 e. The molecule has 4 rings (SSSR count). The van der Waals surface area contributed by atoms with E-state index in [1.54, 1.807) is 0 Å². The summed E-state index contributed by atoms with van der Waals surface area (Å²) in [6.45, 7) is 7.16. The maximum Gasteiger partial charge on any atom is 0.156 e. The van der Waals surface area contributed by atoms with Crippen LogP contribution in [0.5, 0.6) is 0 Å².